The molecule has 0 aromatic heterocycles. The quantitative estimate of drug-likeness (QED) is 0.422. The van der Waals surface area contributed by atoms with Crippen LogP contribution in [0.1, 0.15) is 45.1 Å². The predicted molar refractivity (Wildman–Crippen MR) is 134 cm³/mol. The first kappa shape index (κ1) is 27.1. The summed E-state index contributed by atoms with van der Waals surface area (Å²) in [7, 11) is 0. The number of fused-ring (bicyclic) bond motifs is 1. The van der Waals surface area contributed by atoms with Crippen molar-refractivity contribution in [2.24, 2.45) is 11.8 Å². The van der Waals surface area contributed by atoms with Gasteiger partial charge in [-0.05, 0) is 43.8 Å². The summed E-state index contributed by atoms with van der Waals surface area (Å²) in [6, 6.07) is 3.07. The van der Waals surface area contributed by atoms with E-state index < -0.39 is 29.4 Å². The van der Waals surface area contributed by atoms with Crippen molar-refractivity contribution in [1.29, 1.82) is 0 Å². The van der Waals surface area contributed by atoms with Crippen molar-refractivity contribution in [3.63, 3.8) is 0 Å². The molecule has 1 saturated heterocycles. The van der Waals surface area contributed by atoms with E-state index in [1.807, 2.05) is 4.90 Å². The fourth-order valence-corrected chi connectivity index (χ4v) is 5.42. The van der Waals surface area contributed by atoms with Gasteiger partial charge in [-0.2, -0.15) is 0 Å². The van der Waals surface area contributed by atoms with Gasteiger partial charge in [0, 0.05) is 43.5 Å². The van der Waals surface area contributed by atoms with Crippen molar-refractivity contribution in [2.75, 3.05) is 26.2 Å². The molecule has 2 aliphatic heterocycles. The van der Waals surface area contributed by atoms with Crippen LogP contribution < -0.4 is 10.6 Å². The van der Waals surface area contributed by atoms with Crippen LogP contribution in [0.3, 0.4) is 0 Å². The number of benzene rings is 1. The Hall–Kier alpha value is -2.98. The molecule has 4 N–H and O–H groups in total. The van der Waals surface area contributed by atoms with Gasteiger partial charge in [-0.3, -0.25) is 9.59 Å². The molecular weight excluding hydrogens is 482 g/mol. The van der Waals surface area contributed by atoms with Gasteiger partial charge >= 0.3 is 0 Å². The Morgan fingerprint density at radius 2 is 1.95 bits per heavy atom. The van der Waals surface area contributed by atoms with Crippen LogP contribution in [0.25, 0.3) is 0 Å². The van der Waals surface area contributed by atoms with Crippen LogP contribution in [0.5, 0.6) is 0 Å². The Morgan fingerprint density at radius 3 is 2.68 bits per heavy atom. The third kappa shape index (κ3) is 5.96. The Labute approximate surface area is 216 Å². The summed E-state index contributed by atoms with van der Waals surface area (Å²) in [4.78, 5) is 29.6. The van der Waals surface area contributed by atoms with Crippen molar-refractivity contribution in [3.8, 4) is 0 Å². The van der Waals surface area contributed by atoms with E-state index >= 15 is 0 Å². The van der Waals surface area contributed by atoms with E-state index in [0.717, 1.165) is 50.9 Å². The van der Waals surface area contributed by atoms with Gasteiger partial charge in [0.15, 0.2) is 5.76 Å². The number of amides is 2. The van der Waals surface area contributed by atoms with Gasteiger partial charge in [0.25, 0.3) is 11.8 Å². The molecule has 4 rings (SSSR count). The molecule has 37 heavy (non-hydrogen) atoms. The lowest BCUT2D eigenvalue weighted by atomic mass is 9.82. The zero-order valence-electron chi connectivity index (χ0n) is 21.3. The normalized spacial score (nSPS) is 24.3. The Bertz CT molecular complexity index is 1090. The summed E-state index contributed by atoms with van der Waals surface area (Å²) >= 11 is 0. The topological polar surface area (TPSA) is 105 Å². The summed E-state index contributed by atoms with van der Waals surface area (Å²) in [5.74, 6) is -2.33. The number of nitrogens with zero attached hydrogens (tertiary/aromatic N) is 2. The lowest BCUT2D eigenvalue weighted by Crippen LogP contribution is -2.57. The van der Waals surface area contributed by atoms with Gasteiger partial charge in [-0.1, -0.05) is 32.8 Å². The Balaban J connectivity index is 1.45. The molecule has 0 bridgehead atoms. The number of hydrogen-bond acceptors (Lipinski definition) is 6. The fourth-order valence-electron chi connectivity index (χ4n) is 5.42. The molecule has 1 unspecified atom stereocenters. The van der Waals surface area contributed by atoms with Crippen LogP contribution in [-0.2, 0) is 16.1 Å². The number of rotatable bonds is 8. The van der Waals surface area contributed by atoms with Crippen LogP contribution >= 0.6 is 0 Å². The monoisotopic (exact) mass is 518 g/mol. The maximum Gasteiger partial charge on any atom is 0.274 e. The summed E-state index contributed by atoms with van der Waals surface area (Å²) in [5.41, 5.74) is -0.0902. The number of carbonyl (C=O) groups is 2. The highest BCUT2D eigenvalue weighted by molar-refractivity contribution is 5.99. The van der Waals surface area contributed by atoms with Crippen molar-refractivity contribution >= 4 is 11.8 Å². The summed E-state index contributed by atoms with van der Waals surface area (Å²) in [6.45, 7) is 6.61. The van der Waals surface area contributed by atoms with E-state index in [1.165, 1.54) is 17.2 Å². The first-order chi connectivity index (χ1) is 17.7. The third-order valence-electron chi connectivity index (χ3n) is 7.37. The molecule has 0 radical (unpaired) electrons. The molecule has 1 aliphatic carbocycles. The standard InChI is InChI=1S/C27H36F2N4O4/c1-16(2)12-30-13-18-5-3-4-6-22(18)33-10-9-32-15-20(24(34)25(35)23(32)27(33)37)26(36)31-14-17-7-8-19(28)11-21(17)29/h7-8,11,15-16,18,22,24,30,34-35H,3-6,9-10,12-14H2,1-2H3,(H,31,36)/t18-,22-,24?/m0/s1. The highest BCUT2D eigenvalue weighted by Gasteiger charge is 2.43. The zero-order valence-corrected chi connectivity index (χ0v) is 21.3. The van der Waals surface area contributed by atoms with Crippen LogP contribution in [0.15, 0.2) is 41.4 Å². The van der Waals surface area contributed by atoms with Crippen LogP contribution in [-0.4, -0.2) is 70.2 Å². The van der Waals surface area contributed by atoms with Gasteiger partial charge in [0.05, 0.1) is 5.57 Å². The van der Waals surface area contributed by atoms with Crippen LogP contribution in [0.2, 0.25) is 0 Å². The van der Waals surface area contributed by atoms with Gasteiger partial charge < -0.3 is 30.6 Å². The van der Waals surface area contributed by atoms with E-state index in [2.05, 4.69) is 24.5 Å². The molecule has 202 valence electrons. The number of halogens is 2. The van der Waals surface area contributed by atoms with E-state index in [-0.39, 0.29) is 35.3 Å². The number of hydrogen-bond donors (Lipinski definition) is 4. The lowest BCUT2D eigenvalue weighted by Gasteiger charge is -2.46. The van der Waals surface area contributed by atoms with Crippen molar-refractivity contribution in [1.82, 2.24) is 20.4 Å². The number of aliphatic hydroxyl groups is 2. The maximum atomic E-state index is 13.9. The highest BCUT2D eigenvalue weighted by atomic mass is 19.1. The SMILES string of the molecule is CC(C)CNC[C@@H]1CCCC[C@@H]1N1CCN2C=C(C(=O)NCc3ccc(F)cc3F)C(O)C(O)=C2C1=O. The van der Waals surface area contributed by atoms with Gasteiger partial charge in [-0.15, -0.1) is 0 Å². The minimum atomic E-state index is -1.69. The summed E-state index contributed by atoms with van der Waals surface area (Å²) < 4.78 is 27.0. The van der Waals surface area contributed by atoms with Crippen LogP contribution in [0.4, 0.5) is 8.78 Å². The molecule has 2 fully saturated rings. The molecule has 2 heterocycles. The predicted octanol–water partition coefficient (Wildman–Crippen LogP) is 2.56. The van der Waals surface area contributed by atoms with Crippen molar-refractivity contribution in [3.05, 3.63) is 58.6 Å². The lowest BCUT2D eigenvalue weighted by molar-refractivity contribution is -0.136. The first-order valence-electron chi connectivity index (χ1n) is 13.0. The second-order valence-electron chi connectivity index (χ2n) is 10.5. The molecule has 3 atom stereocenters. The Morgan fingerprint density at radius 1 is 1.19 bits per heavy atom. The second-order valence-corrected chi connectivity index (χ2v) is 10.5. The maximum absolute atomic E-state index is 13.9. The molecule has 8 nitrogen and oxygen atoms in total. The summed E-state index contributed by atoms with van der Waals surface area (Å²) in [6.07, 6.45) is 3.74. The number of piperazine rings is 1. The molecular formula is C27H36F2N4O4. The van der Waals surface area contributed by atoms with E-state index in [0.29, 0.717) is 24.9 Å². The Kier molecular flexibility index (Phi) is 8.49. The van der Waals surface area contributed by atoms with Gasteiger partial charge in [0.2, 0.25) is 0 Å². The first-order valence-corrected chi connectivity index (χ1v) is 13.0. The number of aliphatic hydroxyl groups excluding tert-OH is 2. The molecule has 1 aromatic carbocycles. The molecule has 0 spiro atoms. The van der Waals surface area contributed by atoms with E-state index in [9.17, 15) is 28.6 Å². The van der Waals surface area contributed by atoms with Crippen LogP contribution in [0, 0.1) is 23.5 Å². The molecule has 1 aromatic rings. The smallest absolute Gasteiger partial charge is 0.274 e. The van der Waals surface area contributed by atoms with Crippen molar-refractivity contribution < 1.29 is 28.6 Å². The largest absolute Gasteiger partial charge is 0.507 e. The van der Waals surface area contributed by atoms with E-state index in [1.54, 1.807) is 0 Å². The molecule has 1 saturated carbocycles. The molecule has 2 amide bonds. The van der Waals surface area contributed by atoms with Gasteiger partial charge in [0.1, 0.15) is 23.4 Å². The fraction of sp³-hybridized carbons (Fsp3) is 0.556. The third-order valence-corrected chi connectivity index (χ3v) is 7.37. The minimum Gasteiger partial charge on any atom is -0.507 e. The second kappa shape index (κ2) is 11.6. The average molecular weight is 519 g/mol. The van der Waals surface area contributed by atoms with Gasteiger partial charge in [-0.25, -0.2) is 8.78 Å². The molecule has 10 heteroatoms. The zero-order chi connectivity index (χ0) is 26.7. The van der Waals surface area contributed by atoms with E-state index in [4.69, 9.17) is 0 Å². The number of carbonyl (C=O) groups excluding carboxylic acids is 2. The summed E-state index contributed by atoms with van der Waals surface area (Å²) in [5, 5.41) is 27.5. The average Bonchev–Trinajstić information content (AvgIpc) is 2.86. The minimum absolute atomic E-state index is 0.0145. The van der Waals surface area contributed by atoms with Crippen molar-refractivity contribution in [2.45, 2.75) is 58.2 Å². The molecule has 3 aliphatic rings. The number of nitrogens with one attached hydrogen (secondary N) is 2. The highest BCUT2D eigenvalue weighted by Crippen LogP contribution is 2.34.